The van der Waals surface area contributed by atoms with Crippen LogP contribution in [0.1, 0.15) is 71.1 Å². The average Bonchev–Trinajstić information content (AvgIpc) is 2.56. The summed E-state index contributed by atoms with van der Waals surface area (Å²) in [5.74, 6) is -0.971. The van der Waals surface area contributed by atoms with Crippen molar-refractivity contribution in [1.29, 1.82) is 0 Å². The van der Waals surface area contributed by atoms with E-state index in [-0.39, 0.29) is 5.91 Å². The molecule has 0 saturated heterocycles. The van der Waals surface area contributed by atoms with Crippen molar-refractivity contribution >= 4 is 11.9 Å². The van der Waals surface area contributed by atoms with E-state index < -0.39 is 11.5 Å². The van der Waals surface area contributed by atoms with E-state index in [9.17, 15) is 14.7 Å². The lowest BCUT2D eigenvalue weighted by molar-refractivity contribution is -0.148. The molecule has 1 aliphatic rings. The van der Waals surface area contributed by atoms with Gasteiger partial charge < -0.3 is 10.4 Å². The summed E-state index contributed by atoms with van der Waals surface area (Å²) in [4.78, 5) is 23.3. The van der Waals surface area contributed by atoms with Gasteiger partial charge in [-0.15, -0.1) is 0 Å². The van der Waals surface area contributed by atoms with E-state index in [0.717, 1.165) is 44.9 Å². The summed E-state index contributed by atoms with van der Waals surface area (Å²) in [7, 11) is 0. The second-order valence-electron chi connectivity index (χ2n) is 5.31. The molecule has 0 aliphatic heterocycles. The highest BCUT2D eigenvalue weighted by Gasteiger charge is 2.39. The van der Waals surface area contributed by atoms with Crippen LogP contribution in [0, 0.1) is 0 Å². The molecule has 0 aromatic heterocycles. The number of carboxylic acids is 1. The van der Waals surface area contributed by atoms with Crippen LogP contribution in [-0.4, -0.2) is 22.5 Å². The molecule has 0 bridgehead atoms. The second-order valence-corrected chi connectivity index (χ2v) is 5.31. The molecule has 0 spiro atoms. The predicted octanol–water partition coefficient (Wildman–Crippen LogP) is 2.86. The summed E-state index contributed by atoms with van der Waals surface area (Å²) >= 11 is 0. The van der Waals surface area contributed by atoms with Crippen LogP contribution in [0.2, 0.25) is 0 Å². The molecule has 1 amide bonds. The molecule has 0 unspecified atom stereocenters. The lowest BCUT2D eigenvalue weighted by atomic mass is 9.90. The van der Waals surface area contributed by atoms with Gasteiger partial charge in [0.2, 0.25) is 5.91 Å². The highest BCUT2D eigenvalue weighted by Crippen LogP contribution is 2.27. The van der Waals surface area contributed by atoms with Crippen LogP contribution in [0.3, 0.4) is 0 Å². The van der Waals surface area contributed by atoms with Crippen molar-refractivity contribution < 1.29 is 14.7 Å². The van der Waals surface area contributed by atoms with Gasteiger partial charge in [-0.3, -0.25) is 4.79 Å². The number of carbonyl (C=O) groups is 2. The largest absolute Gasteiger partial charge is 0.480 e. The first-order valence-electron chi connectivity index (χ1n) is 7.15. The predicted molar refractivity (Wildman–Crippen MR) is 70.4 cm³/mol. The Balaban J connectivity index is 2.55. The topological polar surface area (TPSA) is 66.4 Å². The Bertz CT molecular complexity index is 281. The van der Waals surface area contributed by atoms with Gasteiger partial charge in [0.15, 0.2) is 0 Å². The van der Waals surface area contributed by atoms with Crippen LogP contribution < -0.4 is 5.32 Å². The molecule has 4 nitrogen and oxygen atoms in total. The maximum absolute atomic E-state index is 11.8. The fourth-order valence-electron chi connectivity index (χ4n) is 2.59. The van der Waals surface area contributed by atoms with Crippen LogP contribution >= 0.6 is 0 Å². The summed E-state index contributed by atoms with van der Waals surface area (Å²) in [5, 5.41) is 12.2. The van der Waals surface area contributed by atoms with Gasteiger partial charge in [-0.2, -0.15) is 0 Å². The number of carboxylic acid groups (broad SMARTS) is 1. The maximum atomic E-state index is 11.8. The van der Waals surface area contributed by atoms with Crippen LogP contribution in [0.25, 0.3) is 0 Å². The third-order valence-corrected chi connectivity index (χ3v) is 3.75. The quantitative estimate of drug-likeness (QED) is 0.566. The van der Waals surface area contributed by atoms with Crippen LogP contribution in [-0.2, 0) is 9.59 Å². The van der Waals surface area contributed by atoms with Gasteiger partial charge in [-0.05, 0) is 19.3 Å². The van der Waals surface area contributed by atoms with Gasteiger partial charge in [-0.25, -0.2) is 4.79 Å². The Hall–Kier alpha value is -1.06. The van der Waals surface area contributed by atoms with Crippen molar-refractivity contribution in [2.75, 3.05) is 0 Å². The number of unbranched alkanes of at least 4 members (excludes halogenated alkanes) is 2. The van der Waals surface area contributed by atoms with Gasteiger partial charge in [0, 0.05) is 6.42 Å². The van der Waals surface area contributed by atoms with Crippen molar-refractivity contribution in [2.24, 2.45) is 0 Å². The number of nitrogens with one attached hydrogen (secondary N) is 1. The van der Waals surface area contributed by atoms with Crippen molar-refractivity contribution in [3.05, 3.63) is 0 Å². The third-order valence-electron chi connectivity index (χ3n) is 3.75. The number of hydrogen-bond acceptors (Lipinski definition) is 2. The first kappa shape index (κ1) is 15.0. The van der Waals surface area contributed by atoms with Gasteiger partial charge in [0.05, 0.1) is 0 Å². The number of aliphatic carboxylic acids is 1. The smallest absolute Gasteiger partial charge is 0.329 e. The molecule has 1 fully saturated rings. The summed E-state index contributed by atoms with van der Waals surface area (Å²) in [6.07, 6.45) is 8.44. The van der Waals surface area contributed by atoms with Gasteiger partial charge in [-0.1, -0.05) is 45.4 Å². The summed E-state index contributed by atoms with van der Waals surface area (Å²) in [6, 6.07) is 0. The molecule has 0 aromatic carbocycles. The monoisotopic (exact) mass is 255 g/mol. The molecule has 1 rings (SSSR count). The Morgan fingerprint density at radius 3 is 2.22 bits per heavy atom. The van der Waals surface area contributed by atoms with E-state index in [1.807, 2.05) is 0 Å². The molecule has 2 N–H and O–H groups in total. The van der Waals surface area contributed by atoms with E-state index >= 15 is 0 Å². The molecule has 1 aliphatic carbocycles. The first-order valence-corrected chi connectivity index (χ1v) is 7.15. The Morgan fingerprint density at radius 1 is 1.11 bits per heavy atom. The SMILES string of the molecule is CCCCCC(=O)NC1(C(=O)O)CCCCCC1. The van der Waals surface area contributed by atoms with Crippen molar-refractivity contribution in [3.8, 4) is 0 Å². The molecule has 0 aromatic rings. The maximum Gasteiger partial charge on any atom is 0.329 e. The zero-order valence-electron chi connectivity index (χ0n) is 11.3. The van der Waals surface area contributed by atoms with E-state index in [2.05, 4.69) is 12.2 Å². The van der Waals surface area contributed by atoms with Crippen LogP contribution in [0.5, 0.6) is 0 Å². The number of carbonyl (C=O) groups excluding carboxylic acids is 1. The van der Waals surface area contributed by atoms with Crippen LogP contribution in [0.4, 0.5) is 0 Å². The standard InChI is InChI=1S/C14H25NO3/c1-2-3-6-9-12(16)15-14(13(17)18)10-7-4-5-8-11-14/h2-11H2,1H3,(H,15,16)(H,17,18). The molecule has 0 heterocycles. The lowest BCUT2D eigenvalue weighted by Gasteiger charge is -2.29. The lowest BCUT2D eigenvalue weighted by Crippen LogP contribution is -2.54. The number of hydrogen-bond donors (Lipinski definition) is 2. The number of amides is 1. The minimum Gasteiger partial charge on any atom is -0.480 e. The fraction of sp³-hybridized carbons (Fsp3) is 0.857. The fourth-order valence-corrected chi connectivity index (χ4v) is 2.59. The summed E-state index contributed by atoms with van der Waals surface area (Å²) in [5.41, 5.74) is -1.00. The molecule has 0 radical (unpaired) electrons. The third kappa shape index (κ3) is 4.31. The summed E-state index contributed by atoms with van der Waals surface area (Å²) < 4.78 is 0. The number of rotatable bonds is 6. The average molecular weight is 255 g/mol. The Labute approximate surface area is 109 Å². The van der Waals surface area contributed by atoms with E-state index in [4.69, 9.17) is 0 Å². The van der Waals surface area contributed by atoms with Gasteiger partial charge >= 0.3 is 5.97 Å². The van der Waals surface area contributed by atoms with Gasteiger partial charge in [0.1, 0.15) is 5.54 Å². The highest BCUT2D eigenvalue weighted by molar-refractivity contribution is 5.87. The van der Waals surface area contributed by atoms with Crippen LogP contribution in [0.15, 0.2) is 0 Å². The Kier molecular flexibility index (Phi) is 6.16. The first-order chi connectivity index (χ1) is 8.60. The summed E-state index contributed by atoms with van der Waals surface area (Å²) in [6.45, 7) is 2.09. The molecular formula is C14H25NO3. The molecular weight excluding hydrogens is 230 g/mol. The minimum absolute atomic E-state index is 0.104. The molecule has 0 atom stereocenters. The highest BCUT2D eigenvalue weighted by atomic mass is 16.4. The normalized spacial score (nSPS) is 18.9. The Morgan fingerprint density at radius 2 is 1.72 bits per heavy atom. The zero-order chi connectivity index (χ0) is 13.4. The van der Waals surface area contributed by atoms with Crippen molar-refractivity contribution in [3.63, 3.8) is 0 Å². The van der Waals surface area contributed by atoms with E-state index in [1.165, 1.54) is 0 Å². The van der Waals surface area contributed by atoms with Gasteiger partial charge in [0.25, 0.3) is 0 Å². The van der Waals surface area contributed by atoms with E-state index in [0.29, 0.717) is 19.3 Å². The molecule has 4 heteroatoms. The van der Waals surface area contributed by atoms with Crippen molar-refractivity contribution in [1.82, 2.24) is 5.32 Å². The zero-order valence-corrected chi connectivity index (χ0v) is 11.3. The molecule has 18 heavy (non-hydrogen) atoms. The molecule has 104 valence electrons. The molecule has 1 saturated carbocycles. The van der Waals surface area contributed by atoms with E-state index in [1.54, 1.807) is 0 Å². The minimum atomic E-state index is -1.00. The van der Waals surface area contributed by atoms with Crippen molar-refractivity contribution in [2.45, 2.75) is 76.7 Å². The second kappa shape index (κ2) is 7.39.